The second-order valence-corrected chi connectivity index (χ2v) is 5.77. The molecule has 2 rings (SSSR count). The molecule has 0 saturated carbocycles. The summed E-state index contributed by atoms with van der Waals surface area (Å²) in [7, 11) is 0. The summed E-state index contributed by atoms with van der Waals surface area (Å²) < 4.78 is 19.9. The number of aryl methyl sites for hydroxylation is 2. The molecule has 4 heteroatoms. The maximum Gasteiger partial charge on any atom is 0.123 e. The Morgan fingerprint density at radius 2 is 2.05 bits per heavy atom. The number of hydrogen-bond donors (Lipinski definition) is 1. The first-order valence-electron chi connectivity index (χ1n) is 6.75. The Morgan fingerprint density at radius 3 is 2.65 bits per heavy atom. The molecule has 0 amide bonds. The van der Waals surface area contributed by atoms with Crippen LogP contribution in [0.25, 0.3) is 0 Å². The summed E-state index contributed by atoms with van der Waals surface area (Å²) in [6, 6.07) is 6.96. The fourth-order valence-electron chi connectivity index (χ4n) is 2.45. The summed E-state index contributed by atoms with van der Waals surface area (Å²) in [5.74, 6) is 1.61. The van der Waals surface area contributed by atoms with E-state index in [-0.39, 0.29) is 11.9 Å². The van der Waals surface area contributed by atoms with Crippen LogP contribution < -0.4 is 5.32 Å². The highest BCUT2D eigenvalue weighted by atomic mass is 79.9. The first kappa shape index (κ1) is 15.3. The van der Waals surface area contributed by atoms with Crippen molar-refractivity contribution in [1.82, 2.24) is 5.32 Å². The molecule has 0 spiro atoms. The van der Waals surface area contributed by atoms with Crippen molar-refractivity contribution in [2.75, 3.05) is 6.54 Å². The van der Waals surface area contributed by atoms with E-state index < -0.39 is 0 Å². The number of hydrogen-bond acceptors (Lipinski definition) is 2. The Morgan fingerprint density at radius 1 is 1.30 bits per heavy atom. The number of benzene rings is 1. The van der Waals surface area contributed by atoms with Gasteiger partial charge in [-0.25, -0.2) is 4.39 Å². The second-order valence-electron chi connectivity index (χ2n) is 4.92. The van der Waals surface area contributed by atoms with Gasteiger partial charge >= 0.3 is 0 Å². The summed E-state index contributed by atoms with van der Waals surface area (Å²) >= 11 is 3.49. The first-order valence-corrected chi connectivity index (χ1v) is 7.54. The molecule has 0 saturated heterocycles. The molecule has 0 aliphatic heterocycles. The van der Waals surface area contributed by atoms with Crippen molar-refractivity contribution in [3.63, 3.8) is 0 Å². The van der Waals surface area contributed by atoms with Crippen LogP contribution in [0.1, 0.15) is 35.6 Å². The molecule has 0 fully saturated rings. The third-order valence-corrected chi connectivity index (χ3v) is 4.11. The normalized spacial score (nSPS) is 12.7. The van der Waals surface area contributed by atoms with Crippen molar-refractivity contribution in [2.45, 2.75) is 33.2 Å². The molecule has 2 aromatic rings. The predicted octanol–water partition coefficient (Wildman–Crippen LogP) is 4.69. The molecule has 1 heterocycles. The highest BCUT2D eigenvalue weighted by Crippen LogP contribution is 2.28. The van der Waals surface area contributed by atoms with Crippen LogP contribution in [0.15, 0.2) is 33.2 Å². The van der Waals surface area contributed by atoms with Gasteiger partial charge < -0.3 is 9.73 Å². The minimum Gasteiger partial charge on any atom is -0.466 e. The van der Waals surface area contributed by atoms with Gasteiger partial charge in [-0.2, -0.15) is 0 Å². The fraction of sp³-hybridized carbons (Fsp3) is 0.375. The van der Waals surface area contributed by atoms with E-state index in [0.717, 1.165) is 33.7 Å². The van der Waals surface area contributed by atoms with Gasteiger partial charge in [-0.3, -0.25) is 0 Å². The zero-order valence-electron chi connectivity index (χ0n) is 12.0. The van der Waals surface area contributed by atoms with Gasteiger partial charge in [-0.05, 0) is 56.6 Å². The Balaban J connectivity index is 2.30. The van der Waals surface area contributed by atoms with Crippen molar-refractivity contribution in [3.05, 3.63) is 57.2 Å². The molecule has 20 heavy (non-hydrogen) atoms. The molecule has 0 aliphatic rings. The largest absolute Gasteiger partial charge is 0.466 e. The highest BCUT2D eigenvalue weighted by Gasteiger charge is 2.18. The maximum atomic E-state index is 13.4. The van der Waals surface area contributed by atoms with Gasteiger partial charge in [-0.15, -0.1) is 0 Å². The smallest absolute Gasteiger partial charge is 0.123 e. The molecule has 1 N–H and O–H groups in total. The topological polar surface area (TPSA) is 25.2 Å². The van der Waals surface area contributed by atoms with Crippen LogP contribution in [0.2, 0.25) is 0 Å². The Labute approximate surface area is 127 Å². The van der Waals surface area contributed by atoms with E-state index >= 15 is 0 Å². The van der Waals surface area contributed by atoms with Crippen molar-refractivity contribution >= 4 is 15.9 Å². The van der Waals surface area contributed by atoms with Crippen LogP contribution in [0.3, 0.4) is 0 Å². The molecular formula is C16H19BrFNO. The summed E-state index contributed by atoms with van der Waals surface area (Å²) in [5, 5.41) is 3.44. The lowest BCUT2D eigenvalue weighted by molar-refractivity contribution is 0.484. The monoisotopic (exact) mass is 339 g/mol. The number of nitrogens with one attached hydrogen (secondary N) is 1. The minimum atomic E-state index is -0.210. The summed E-state index contributed by atoms with van der Waals surface area (Å²) in [6.07, 6.45) is 0.714. The first-order chi connectivity index (χ1) is 9.51. The van der Waals surface area contributed by atoms with Crippen LogP contribution in [0.4, 0.5) is 4.39 Å². The molecule has 2 nitrogen and oxygen atoms in total. The number of likely N-dealkylation sites (N-methyl/N-ethyl adjacent to an activating group) is 1. The van der Waals surface area contributed by atoms with Gasteiger partial charge in [-0.1, -0.05) is 22.9 Å². The summed E-state index contributed by atoms with van der Waals surface area (Å²) in [5.41, 5.74) is 2.09. The number of furan rings is 1. The van der Waals surface area contributed by atoms with Crippen molar-refractivity contribution in [3.8, 4) is 0 Å². The Kier molecular flexibility index (Phi) is 5.00. The van der Waals surface area contributed by atoms with Gasteiger partial charge in [0.05, 0.1) is 0 Å². The molecule has 108 valence electrons. The molecular weight excluding hydrogens is 321 g/mol. The van der Waals surface area contributed by atoms with E-state index in [4.69, 9.17) is 4.42 Å². The molecule has 0 aliphatic carbocycles. The summed E-state index contributed by atoms with van der Waals surface area (Å²) in [6.45, 7) is 6.82. The summed E-state index contributed by atoms with van der Waals surface area (Å²) in [4.78, 5) is 0. The van der Waals surface area contributed by atoms with Crippen LogP contribution in [-0.2, 0) is 6.42 Å². The third-order valence-electron chi connectivity index (χ3n) is 3.34. The van der Waals surface area contributed by atoms with Crippen LogP contribution in [-0.4, -0.2) is 6.54 Å². The molecule has 1 atom stereocenters. The molecule has 0 radical (unpaired) electrons. The zero-order chi connectivity index (χ0) is 14.7. The highest BCUT2D eigenvalue weighted by molar-refractivity contribution is 9.10. The third kappa shape index (κ3) is 3.49. The Hall–Kier alpha value is -1.13. The molecule has 0 bridgehead atoms. The average Bonchev–Trinajstić information content (AvgIpc) is 2.72. The van der Waals surface area contributed by atoms with Gasteiger partial charge in [0.25, 0.3) is 0 Å². The van der Waals surface area contributed by atoms with Crippen LogP contribution in [0, 0.1) is 19.7 Å². The molecule has 1 aromatic carbocycles. The average molecular weight is 340 g/mol. The SMILES string of the molecule is CCNC(Cc1cc(F)ccc1Br)c1cc(C)oc1C. The van der Waals surface area contributed by atoms with Crippen LogP contribution >= 0.6 is 15.9 Å². The Bertz CT molecular complexity index is 594. The van der Waals surface area contributed by atoms with E-state index in [0.29, 0.717) is 6.42 Å². The maximum absolute atomic E-state index is 13.4. The van der Waals surface area contributed by atoms with Crippen molar-refractivity contribution in [2.24, 2.45) is 0 Å². The van der Waals surface area contributed by atoms with Gasteiger partial charge in [0.15, 0.2) is 0 Å². The van der Waals surface area contributed by atoms with E-state index in [9.17, 15) is 4.39 Å². The van der Waals surface area contributed by atoms with Gasteiger partial charge in [0, 0.05) is 16.1 Å². The zero-order valence-corrected chi connectivity index (χ0v) is 13.6. The lowest BCUT2D eigenvalue weighted by atomic mass is 9.99. The van der Waals surface area contributed by atoms with E-state index in [1.54, 1.807) is 12.1 Å². The molecule has 1 aromatic heterocycles. The van der Waals surface area contributed by atoms with E-state index in [1.807, 2.05) is 13.8 Å². The lowest BCUT2D eigenvalue weighted by Gasteiger charge is -2.18. The van der Waals surface area contributed by atoms with E-state index in [1.165, 1.54) is 6.07 Å². The second kappa shape index (κ2) is 6.55. The quantitative estimate of drug-likeness (QED) is 0.854. The van der Waals surface area contributed by atoms with Crippen LogP contribution in [0.5, 0.6) is 0 Å². The van der Waals surface area contributed by atoms with Crippen molar-refractivity contribution < 1.29 is 8.81 Å². The van der Waals surface area contributed by atoms with Gasteiger partial charge in [0.1, 0.15) is 17.3 Å². The lowest BCUT2D eigenvalue weighted by Crippen LogP contribution is -2.23. The standard InChI is InChI=1S/C16H19BrFNO/c1-4-19-16(14-7-10(2)20-11(14)3)9-12-8-13(18)5-6-15(12)17/h5-8,16,19H,4,9H2,1-3H3. The number of rotatable bonds is 5. The fourth-order valence-corrected chi connectivity index (χ4v) is 2.86. The number of halogens is 2. The predicted molar refractivity (Wildman–Crippen MR) is 82.4 cm³/mol. The van der Waals surface area contributed by atoms with Gasteiger partial charge in [0.2, 0.25) is 0 Å². The minimum absolute atomic E-state index is 0.121. The van der Waals surface area contributed by atoms with Crippen molar-refractivity contribution in [1.29, 1.82) is 0 Å². The van der Waals surface area contributed by atoms with E-state index in [2.05, 4.69) is 34.2 Å². The molecule has 1 unspecified atom stereocenters.